The van der Waals surface area contributed by atoms with Crippen LogP contribution >= 0.6 is 0 Å². The number of nitrogens with one attached hydrogen (secondary N) is 1. The van der Waals surface area contributed by atoms with E-state index in [4.69, 9.17) is 25.8 Å². The fourth-order valence-electron chi connectivity index (χ4n) is 6.55. The molecule has 0 saturated carbocycles. The Hall–Kier alpha value is -6.11. The van der Waals surface area contributed by atoms with Gasteiger partial charge in [-0.15, -0.1) is 0 Å². The predicted molar refractivity (Wildman–Crippen MR) is 194 cm³/mol. The molecule has 1 aliphatic carbocycles. The van der Waals surface area contributed by atoms with Crippen LogP contribution in [0, 0.1) is 5.41 Å². The molecule has 2 unspecified atom stereocenters. The Bertz CT molecular complexity index is 2290. The van der Waals surface area contributed by atoms with Crippen molar-refractivity contribution in [1.82, 2.24) is 14.5 Å². The van der Waals surface area contributed by atoms with Gasteiger partial charge in [0, 0.05) is 45.0 Å². The van der Waals surface area contributed by atoms with Crippen molar-refractivity contribution in [3.63, 3.8) is 0 Å². The van der Waals surface area contributed by atoms with E-state index in [1.54, 1.807) is 0 Å². The molecule has 1 aliphatic rings. The molecule has 0 bridgehead atoms. The van der Waals surface area contributed by atoms with Crippen molar-refractivity contribution >= 4 is 33.3 Å². The van der Waals surface area contributed by atoms with E-state index in [2.05, 4.69) is 95.6 Å². The van der Waals surface area contributed by atoms with E-state index < -0.39 is 6.23 Å². The Morgan fingerprint density at radius 3 is 2.10 bits per heavy atom. The molecule has 8 rings (SSSR count). The van der Waals surface area contributed by atoms with Crippen LogP contribution in [0.4, 0.5) is 0 Å². The number of rotatable bonds is 7. The minimum atomic E-state index is -0.784. The second-order valence-corrected chi connectivity index (χ2v) is 11.9. The zero-order chi connectivity index (χ0) is 32.5. The number of nitrogens with two attached hydrogens (primary N) is 1. The van der Waals surface area contributed by atoms with E-state index >= 15 is 0 Å². The van der Waals surface area contributed by atoms with E-state index in [1.165, 1.54) is 5.56 Å². The van der Waals surface area contributed by atoms with Gasteiger partial charge in [-0.25, -0.2) is 9.97 Å². The number of fused-ring (bicyclic) bond motifs is 3. The molecule has 232 valence electrons. The minimum Gasteiger partial charge on any atom is -0.454 e. The number of para-hydroxylation sites is 2. The van der Waals surface area contributed by atoms with Crippen molar-refractivity contribution in [2.45, 2.75) is 18.6 Å². The van der Waals surface area contributed by atoms with Crippen LogP contribution in [0.5, 0.6) is 0 Å². The Labute approximate surface area is 279 Å². The summed E-state index contributed by atoms with van der Waals surface area (Å²) in [5.74, 6) is 1.54. The number of benzene rings is 5. The Morgan fingerprint density at radius 2 is 1.38 bits per heavy atom. The van der Waals surface area contributed by atoms with Gasteiger partial charge in [-0.3, -0.25) is 15.7 Å². The average Bonchev–Trinajstić information content (AvgIpc) is 3.50. The molecule has 2 aromatic heterocycles. The molecule has 0 spiro atoms. The second-order valence-electron chi connectivity index (χ2n) is 11.9. The van der Waals surface area contributed by atoms with Gasteiger partial charge in [0.2, 0.25) is 5.90 Å². The van der Waals surface area contributed by atoms with Crippen LogP contribution < -0.4 is 5.73 Å². The van der Waals surface area contributed by atoms with Crippen LogP contribution in [0.15, 0.2) is 158 Å². The summed E-state index contributed by atoms with van der Waals surface area (Å²) in [5.41, 5.74) is 13.5. The first kappa shape index (κ1) is 29.3. The average molecular weight is 624 g/mol. The lowest BCUT2D eigenvalue weighted by atomic mass is 9.89. The lowest BCUT2D eigenvalue weighted by molar-refractivity contribution is 0.199. The quantitative estimate of drug-likeness (QED) is 0.105. The van der Waals surface area contributed by atoms with Gasteiger partial charge in [-0.1, -0.05) is 133 Å². The zero-order valence-electron chi connectivity index (χ0n) is 26.2. The molecule has 7 aromatic rings. The highest BCUT2D eigenvalue weighted by molar-refractivity contribution is 6.09. The first-order valence-corrected chi connectivity index (χ1v) is 16.1. The summed E-state index contributed by atoms with van der Waals surface area (Å²) in [4.78, 5) is 10.4. The molecule has 0 fully saturated rings. The Balaban J connectivity index is 1.30. The van der Waals surface area contributed by atoms with Crippen LogP contribution in [0.2, 0.25) is 0 Å². The molecule has 6 nitrogen and oxygen atoms in total. The van der Waals surface area contributed by atoms with Crippen molar-refractivity contribution < 1.29 is 4.74 Å². The smallest absolute Gasteiger partial charge is 0.215 e. The minimum absolute atomic E-state index is 0.0264. The van der Waals surface area contributed by atoms with E-state index in [9.17, 15) is 0 Å². The van der Waals surface area contributed by atoms with Crippen molar-refractivity contribution in [1.29, 1.82) is 5.41 Å². The van der Waals surface area contributed by atoms with Crippen LogP contribution in [-0.4, -0.2) is 20.4 Å². The SMILES string of the molecule is N=C(OC(N)c1ccccc1)c1ccccc1-c1cc(-n2c3ccccc3c3ccccc32)nc(C2=CC(c3ccccc3)CC=C2)n1. The summed E-state index contributed by atoms with van der Waals surface area (Å²) in [5, 5.41) is 11.3. The third-order valence-corrected chi connectivity index (χ3v) is 8.90. The number of hydrogen-bond donors (Lipinski definition) is 2. The number of ether oxygens (including phenoxy) is 1. The first-order valence-electron chi connectivity index (χ1n) is 16.1. The summed E-state index contributed by atoms with van der Waals surface area (Å²) in [7, 11) is 0. The largest absolute Gasteiger partial charge is 0.454 e. The molecular weight excluding hydrogens is 590 g/mol. The maximum Gasteiger partial charge on any atom is 0.215 e. The number of nitrogens with zero attached hydrogens (tertiary/aromatic N) is 3. The Morgan fingerprint density at radius 1 is 0.750 bits per heavy atom. The van der Waals surface area contributed by atoms with E-state index in [1.807, 2.05) is 66.7 Å². The molecule has 0 aliphatic heterocycles. The summed E-state index contributed by atoms with van der Waals surface area (Å²) < 4.78 is 8.21. The molecule has 0 amide bonds. The van der Waals surface area contributed by atoms with Crippen LogP contribution in [-0.2, 0) is 4.74 Å². The molecule has 2 heterocycles. The van der Waals surface area contributed by atoms with E-state index in [-0.39, 0.29) is 11.8 Å². The summed E-state index contributed by atoms with van der Waals surface area (Å²) in [6.07, 6.45) is 6.70. The Kier molecular flexibility index (Phi) is 7.69. The van der Waals surface area contributed by atoms with Gasteiger partial charge in [0.05, 0.1) is 16.7 Å². The second kappa shape index (κ2) is 12.6. The third kappa shape index (κ3) is 5.48. The van der Waals surface area contributed by atoms with Crippen molar-refractivity contribution in [2.24, 2.45) is 5.73 Å². The van der Waals surface area contributed by atoms with Crippen molar-refractivity contribution in [2.75, 3.05) is 0 Å². The molecule has 48 heavy (non-hydrogen) atoms. The monoisotopic (exact) mass is 623 g/mol. The van der Waals surface area contributed by atoms with Gasteiger partial charge in [0.25, 0.3) is 0 Å². The highest BCUT2D eigenvalue weighted by Gasteiger charge is 2.21. The number of aromatic nitrogens is 3. The molecule has 0 radical (unpaired) electrons. The van der Waals surface area contributed by atoms with Crippen LogP contribution in [0.3, 0.4) is 0 Å². The predicted octanol–water partition coefficient (Wildman–Crippen LogP) is 9.37. The molecule has 2 atom stereocenters. The van der Waals surface area contributed by atoms with Crippen LogP contribution in [0.1, 0.15) is 41.1 Å². The van der Waals surface area contributed by atoms with Gasteiger partial charge in [0.15, 0.2) is 12.1 Å². The number of hydrogen-bond acceptors (Lipinski definition) is 5. The maximum atomic E-state index is 9.01. The fourth-order valence-corrected chi connectivity index (χ4v) is 6.55. The standard InChI is InChI=1S/C42H33N5O/c43-40(29-16-5-2-6-17-29)48-41(44)35-23-8-7-20-32(35)36-27-39(47-37-24-11-9-21-33(37)34-22-10-12-25-38(34)47)46-42(45-36)31-19-13-18-30(26-31)28-14-3-1-4-15-28/h1-17,19-27,30,40,44H,18,43H2. The highest BCUT2D eigenvalue weighted by Crippen LogP contribution is 2.35. The topological polar surface area (TPSA) is 89.8 Å². The van der Waals surface area contributed by atoms with Gasteiger partial charge in [-0.2, -0.15) is 0 Å². The van der Waals surface area contributed by atoms with Gasteiger partial charge >= 0.3 is 0 Å². The van der Waals surface area contributed by atoms with Crippen LogP contribution in [0.25, 0.3) is 44.5 Å². The lowest BCUT2D eigenvalue weighted by Crippen LogP contribution is -2.19. The molecule has 3 N–H and O–H groups in total. The molecule has 6 heteroatoms. The molecule has 5 aromatic carbocycles. The third-order valence-electron chi connectivity index (χ3n) is 8.90. The maximum absolute atomic E-state index is 9.01. The lowest BCUT2D eigenvalue weighted by Gasteiger charge is -2.19. The fraction of sp³-hybridized carbons (Fsp3) is 0.0714. The van der Waals surface area contributed by atoms with Gasteiger partial charge in [0.1, 0.15) is 5.82 Å². The zero-order valence-corrected chi connectivity index (χ0v) is 26.2. The van der Waals surface area contributed by atoms with Gasteiger partial charge < -0.3 is 4.74 Å². The highest BCUT2D eigenvalue weighted by atomic mass is 16.5. The van der Waals surface area contributed by atoms with Crippen molar-refractivity contribution in [3.8, 4) is 17.1 Å². The van der Waals surface area contributed by atoms with Crippen molar-refractivity contribution in [3.05, 3.63) is 180 Å². The number of allylic oxidation sites excluding steroid dienone is 4. The summed E-state index contributed by atoms with van der Waals surface area (Å²) >= 11 is 0. The molecule has 0 saturated heterocycles. The first-order chi connectivity index (χ1) is 23.6. The van der Waals surface area contributed by atoms with Gasteiger partial charge in [-0.05, 0) is 30.2 Å². The van der Waals surface area contributed by atoms with E-state index in [0.29, 0.717) is 17.1 Å². The normalized spacial score (nSPS) is 14.9. The summed E-state index contributed by atoms with van der Waals surface area (Å²) in [6.45, 7) is 0. The molecular formula is C42H33N5O. The van der Waals surface area contributed by atoms with E-state index in [0.717, 1.165) is 50.7 Å². The summed E-state index contributed by atoms with van der Waals surface area (Å²) in [6, 6.07) is 46.6.